The summed E-state index contributed by atoms with van der Waals surface area (Å²) in [5, 5.41) is 10.9. The molecule has 0 bridgehead atoms. The number of hydrogen-bond acceptors (Lipinski definition) is 3. The second kappa shape index (κ2) is 10.6. The molecule has 0 radical (unpaired) electrons. The number of rotatable bonds is 6. The fraction of sp³-hybridized carbons (Fsp3) is 0.609. The minimum atomic E-state index is -1.07. The van der Waals surface area contributed by atoms with Gasteiger partial charge in [0.15, 0.2) is 0 Å². The first kappa shape index (κ1) is 22.3. The van der Waals surface area contributed by atoms with Crippen LogP contribution >= 0.6 is 0 Å². The van der Waals surface area contributed by atoms with E-state index in [1.165, 1.54) is 51.4 Å². The molecular formula is C23H29NaO3. The summed E-state index contributed by atoms with van der Waals surface area (Å²) in [5.41, 5.74) is 1.52. The fourth-order valence-electron chi connectivity index (χ4n) is 4.91. The van der Waals surface area contributed by atoms with Crippen molar-refractivity contribution in [2.45, 2.75) is 70.6 Å². The number of benzene rings is 1. The van der Waals surface area contributed by atoms with E-state index >= 15 is 0 Å². The summed E-state index contributed by atoms with van der Waals surface area (Å²) < 4.78 is 6.06. The molecule has 2 unspecified atom stereocenters. The van der Waals surface area contributed by atoms with Crippen molar-refractivity contribution in [1.82, 2.24) is 0 Å². The van der Waals surface area contributed by atoms with E-state index in [0.717, 1.165) is 17.9 Å². The van der Waals surface area contributed by atoms with Gasteiger partial charge in [-0.1, -0.05) is 37.3 Å². The molecule has 0 heterocycles. The Morgan fingerprint density at radius 2 is 1.89 bits per heavy atom. The zero-order chi connectivity index (χ0) is 18.4. The normalized spacial score (nSPS) is 21.6. The Morgan fingerprint density at radius 1 is 1.22 bits per heavy atom. The van der Waals surface area contributed by atoms with Gasteiger partial charge in [-0.25, -0.2) is 0 Å². The number of carboxylic acid groups (broad SMARTS) is 1. The van der Waals surface area contributed by atoms with Crippen LogP contribution in [0.1, 0.15) is 76.2 Å². The van der Waals surface area contributed by atoms with Crippen molar-refractivity contribution in [2.75, 3.05) is 6.61 Å². The van der Waals surface area contributed by atoms with E-state index in [9.17, 15) is 9.90 Å². The standard InChI is InChI=1S/C23H30O3.Na/c1-2-6-20(15-22(24)25)19-8-10-21(11-9-19)26-17-18-7-5-14-23(16-18)12-3-4-13-23;/h8-11,18,20H,3-5,7,12-17H2,1H3,(H,24,25);/q;+1/p-1. The van der Waals surface area contributed by atoms with Crippen molar-refractivity contribution < 1.29 is 44.2 Å². The Hall–Kier alpha value is -0.950. The first-order valence-corrected chi connectivity index (χ1v) is 9.95. The summed E-state index contributed by atoms with van der Waals surface area (Å²) in [6.07, 6.45) is 10.9. The Morgan fingerprint density at radius 3 is 2.52 bits per heavy atom. The van der Waals surface area contributed by atoms with Crippen molar-refractivity contribution in [3.8, 4) is 17.6 Å². The quantitative estimate of drug-likeness (QED) is 0.551. The Balaban J connectivity index is 0.00000261. The number of hydrogen-bond donors (Lipinski definition) is 0. The van der Waals surface area contributed by atoms with Gasteiger partial charge in [0, 0.05) is 12.4 Å². The van der Waals surface area contributed by atoms with E-state index < -0.39 is 5.97 Å². The summed E-state index contributed by atoms with van der Waals surface area (Å²) in [7, 11) is 0. The molecule has 2 aliphatic carbocycles. The largest absolute Gasteiger partial charge is 1.00 e. The Bertz CT molecular complexity index is 665. The molecular weight excluding hydrogens is 347 g/mol. The van der Waals surface area contributed by atoms with Gasteiger partial charge in [-0.15, -0.1) is 5.92 Å². The zero-order valence-corrected chi connectivity index (χ0v) is 18.8. The number of ether oxygens (including phenoxy) is 1. The molecule has 27 heavy (non-hydrogen) atoms. The van der Waals surface area contributed by atoms with Crippen molar-refractivity contribution in [3.63, 3.8) is 0 Å². The van der Waals surface area contributed by atoms with E-state index in [-0.39, 0.29) is 41.9 Å². The number of carboxylic acids is 1. The molecule has 2 atom stereocenters. The van der Waals surface area contributed by atoms with Crippen LogP contribution in [-0.4, -0.2) is 12.6 Å². The minimum absolute atomic E-state index is 0. The van der Waals surface area contributed by atoms with Crippen LogP contribution in [0, 0.1) is 23.2 Å². The molecule has 2 aliphatic rings. The maximum atomic E-state index is 10.9. The van der Waals surface area contributed by atoms with Crippen LogP contribution in [0.2, 0.25) is 0 Å². The molecule has 0 aromatic heterocycles. The van der Waals surface area contributed by atoms with Gasteiger partial charge >= 0.3 is 29.6 Å². The number of aliphatic carboxylic acids is 1. The van der Waals surface area contributed by atoms with Crippen LogP contribution in [0.5, 0.6) is 5.75 Å². The molecule has 0 N–H and O–H groups in total. The summed E-state index contributed by atoms with van der Waals surface area (Å²) in [6, 6.07) is 7.71. The molecule has 2 saturated carbocycles. The molecule has 0 aliphatic heterocycles. The molecule has 3 rings (SSSR count). The van der Waals surface area contributed by atoms with Gasteiger partial charge < -0.3 is 14.6 Å². The average molecular weight is 376 g/mol. The summed E-state index contributed by atoms with van der Waals surface area (Å²) >= 11 is 0. The van der Waals surface area contributed by atoms with Gasteiger partial charge in [0.25, 0.3) is 0 Å². The van der Waals surface area contributed by atoms with Gasteiger partial charge in [0.05, 0.1) is 12.5 Å². The molecule has 2 fully saturated rings. The molecule has 1 spiro atoms. The van der Waals surface area contributed by atoms with Crippen molar-refractivity contribution in [3.05, 3.63) is 29.8 Å². The molecule has 1 aromatic rings. The first-order valence-electron chi connectivity index (χ1n) is 9.95. The predicted octanol–water partition coefficient (Wildman–Crippen LogP) is 1.07. The molecule has 0 amide bonds. The second-order valence-electron chi connectivity index (χ2n) is 8.07. The maximum Gasteiger partial charge on any atom is 1.00 e. The summed E-state index contributed by atoms with van der Waals surface area (Å²) in [6.45, 7) is 2.51. The van der Waals surface area contributed by atoms with Crippen LogP contribution in [0.25, 0.3) is 0 Å². The number of carbonyl (C=O) groups excluding carboxylic acids is 1. The van der Waals surface area contributed by atoms with Crippen LogP contribution in [0.3, 0.4) is 0 Å². The third-order valence-corrected chi connectivity index (χ3v) is 6.16. The van der Waals surface area contributed by atoms with Gasteiger partial charge in [-0.05, 0) is 68.1 Å². The average Bonchev–Trinajstić information content (AvgIpc) is 3.07. The second-order valence-corrected chi connectivity index (χ2v) is 8.07. The summed E-state index contributed by atoms with van der Waals surface area (Å²) in [4.78, 5) is 10.9. The van der Waals surface area contributed by atoms with Crippen molar-refractivity contribution >= 4 is 5.97 Å². The monoisotopic (exact) mass is 376 g/mol. The molecule has 1 aromatic carbocycles. The molecule has 0 saturated heterocycles. The summed E-state index contributed by atoms with van der Waals surface area (Å²) in [5.74, 6) is 5.89. The predicted molar refractivity (Wildman–Crippen MR) is 101 cm³/mol. The van der Waals surface area contributed by atoms with Crippen LogP contribution in [-0.2, 0) is 4.79 Å². The van der Waals surface area contributed by atoms with Crippen LogP contribution < -0.4 is 39.4 Å². The van der Waals surface area contributed by atoms with Gasteiger partial charge in [0.1, 0.15) is 5.75 Å². The van der Waals surface area contributed by atoms with Crippen LogP contribution in [0.4, 0.5) is 0 Å². The fourth-order valence-corrected chi connectivity index (χ4v) is 4.91. The van der Waals surface area contributed by atoms with Gasteiger partial charge in [0.2, 0.25) is 0 Å². The Labute approximate surface area is 185 Å². The first-order chi connectivity index (χ1) is 12.6. The van der Waals surface area contributed by atoms with Crippen molar-refractivity contribution in [1.29, 1.82) is 0 Å². The SMILES string of the molecule is CC#CC(CC(=O)[O-])c1ccc(OCC2CCCC3(CCCC3)C2)cc1.[Na+]. The van der Waals surface area contributed by atoms with Gasteiger partial charge in [-0.3, -0.25) is 0 Å². The smallest absolute Gasteiger partial charge is 0.550 e. The molecule has 140 valence electrons. The van der Waals surface area contributed by atoms with E-state index in [2.05, 4.69) is 11.8 Å². The third kappa shape index (κ3) is 6.28. The van der Waals surface area contributed by atoms with Crippen molar-refractivity contribution in [2.24, 2.45) is 11.3 Å². The van der Waals surface area contributed by atoms with E-state index in [1.807, 2.05) is 24.3 Å². The topological polar surface area (TPSA) is 49.4 Å². The zero-order valence-electron chi connectivity index (χ0n) is 16.8. The minimum Gasteiger partial charge on any atom is -0.550 e. The molecule has 4 heteroatoms. The number of carbonyl (C=O) groups is 1. The Kier molecular flexibility index (Phi) is 8.73. The van der Waals surface area contributed by atoms with E-state index in [4.69, 9.17) is 4.74 Å². The molecule has 3 nitrogen and oxygen atoms in total. The van der Waals surface area contributed by atoms with E-state index in [1.54, 1.807) is 6.92 Å². The van der Waals surface area contributed by atoms with Crippen LogP contribution in [0.15, 0.2) is 24.3 Å². The maximum absolute atomic E-state index is 10.9. The van der Waals surface area contributed by atoms with E-state index in [0.29, 0.717) is 11.3 Å². The van der Waals surface area contributed by atoms with Gasteiger partial charge in [-0.2, -0.15) is 0 Å². The third-order valence-electron chi connectivity index (χ3n) is 6.16.